The molecular weight excluding hydrogens is 342 g/mol. The third-order valence-electron chi connectivity index (χ3n) is 3.76. The summed E-state index contributed by atoms with van der Waals surface area (Å²) in [6.45, 7) is 3.29. The molecule has 0 aliphatic carbocycles. The zero-order chi connectivity index (χ0) is 19.6. The summed E-state index contributed by atoms with van der Waals surface area (Å²) < 4.78 is 5.40. The lowest BCUT2D eigenvalue weighted by molar-refractivity contribution is -0.120. The first-order chi connectivity index (χ1) is 13.0. The normalized spacial score (nSPS) is 10.5. The Bertz CT molecular complexity index is 758. The minimum atomic E-state index is -0.0725. The van der Waals surface area contributed by atoms with Gasteiger partial charge >= 0.3 is 0 Å². The van der Waals surface area contributed by atoms with Crippen molar-refractivity contribution in [3.63, 3.8) is 0 Å². The fourth-order valence-electron chi connectivity index (χ4n) is 2.57. The Morgan fingerprint density at radius 2 is 1.74 bits per heavy atom. The lowest BCUT2D eigenvalue weighted by atomic mass is 10.1. The van der Waals surface area contributed by atoms with Crippen LogP contribution >= 0.6 is 0 Å². The second-order valence-electron chi connectivity index (χ2n) is 6.52. The summed E-state index contributed by atoms with van der Waals surface area (Å²) in [6, 6.07) is 15.0. The van der Waals surface area contributed by atoms with Gasteiger partial charge in [-0.05, 0) is 56.4 Å². The largest absolute Gasteiger partial charge is 0.494 e. The van der Waals surface area contributed by atoms with Crippen LogP contribution in [0, 0.1) is 0 Å². The first-order valence-corrected chi connectivity index (χ1v) is 8.98. The summed E-state index contributed by atoms with van der Waals surface area (Å²) in [5, 5.41) is 5.76. The highest BCUT2D eigenvalue weighted by molar-refractivity contribution is 5.92. The first kappa shape index (κ1) is 20.5. The van der Waals surface area contributed by atoms with Crippen LogP contribution in [0.3, 0.4) is 0 Å². The molecule has 0 unspecified atom stereocenters. The second-order valence-corrected chi connectivity index (χ2v) is 6.52. The van der Waals surface area contributed by atoms with Crippen LogP contribution in [0.15, 0.2) is 48.5 Å². The van der Waals surface area contributed by atoms with E-state index in [2.05, 4.69) is 10.6 Å². The molecule has 0 spiro atoms. The number of hydrogen-bond acceptors (Lipinski definition) is 4. The predicted octanol–water partition coefficient (Wildman–Crippen LogP) is 2.44. The van der Waals surface area contributed by atoms with E-state index < -0.39 is 0 Å². The molecule has 27 heavy (non-hydrogen) atoms. The quantitative estimate of drug-likeness (QED) is 0.712. The minimum Gasteiger partial charge on any atom is -0.494 e. The van der Waals surface area contributed by atoms with Gasteiger partial charge in [-0.3, -0.25) is 9.59 Å². The fourth-order valence-corrected chi connectivity index (χ4v) is 2.57. The third kappa shape index (κ3) is 7.50. The van der Waals surface area contributed by atoms with Gasteiger partial charge < -0.3 is 20.3 Å². The van der Waals surface area contributed by atoms with E-state index in [0.717, 1.165) is 22.6 Å². The Hall–Kier alpha value is -2.86. The number of likely N-dealkylation sites (N-methyl/N-ethyl adjacent to an activating group) is 1. The monoisotopic (exact) mass is 369 g/mol. The van der Waals surface area contributed by atoms with Crippen LogP contribution in [0.2, 0.25) is 0 Å². The molecule has 2 rings (SSSR count). The smallest absolute Gasteiger partial charge is 0.238 e. The molecule has 0 heterocycles. The highest BCUT2D eigenvalue weighted by Gasteiger charge is 2.06. The number of nitrogens with zero attached hydrogens (tertiary/aromatic N) is 1. The van der Waals surface area contributed by atoms with Gasteiger partial charge in [-0.1, -0.05) is 24.3 Å². The van der Waals surface area contributed by atoms with Crippen molar-refractivity contribution in [3.05, 3.63) is 59.7 Å². The zero-order valence-corrected chi connectivity index (χ0v) is 16.1. The number of amides is 2. The first-order valence-electron chi connectivity index (χ1n) is 8.98. The number of anilines is 1. The van der Waals surface area contributed by atoms with E-state index in [1.165, 1.54) is 0 Å². The van der Waals surface area contributed by atoms with Gasteiger partial charge in [-0.15, -0.1) is 0 Å². The Labute approximate surface area is 160 Å². The van der Waals surface area contributed by atoms with Gasteiger partial charge in [-0.2, -0.15) is 0 Å². The Morgan fingerprint density at radius 1 is 1.00 bits per heavy atom. The molecule has 0 saturated heterocycles. The molecule has 2 aromatic rings. The number of hydrogen-bond donors (Lipinski definition) is 2. The summed E-state index contributed by atoms with van der Waals surface area (Å²) in [4.78, 5) is 25.8. The van der Waals surface area contributed by atoms with Crippen molar-refractivity contribution >= 4 is 17.5 Å². The van der Waals surface area contributed by atoms with E-state index in [-0.39, 0.29) is 11.8 Å². The average Bonchev–Trinajstić information content (AvgIpc) is 2.61. The number of ether oxygens (including phenoxy) is 1. The number of benzene rings is 2. The van der Waals surface area contributed by atoms with Crippen LogP contribution in [0.1, 0.15) is 18.1 Å². The molecule has 0 atom stereocenters. The molecule has 0 bridgehead atoms. The molecule has 144 valence electrons. The van der Waals surface area contributed by atoms with Gasteiger partial charge in [0, 0.05) is 12.2 Å². The van der Waals surface area contributed by atoms with Gasteiger partial charge in [-0.25, -0.2) is 0 Å². The van der Waals surface area contributed by atoms with Crippen LogP contribution in [0.4, 0.5) is 5.69 Å². The third-order valence-corrected chi connectivity index (χ3v) is 3.76. The lowest BCUT2D eigenvalue weighted by Gasteiger charge is -2.11. The Kier molecular flexibility index (Phi) is 7.82. The van der Waals surface area contributed by atoms with Crippen LogP contribution in [-0.2, 0) is 22.6 Å². The maximum absolute atomic E-state index is 12.2. The number of carbonyl (C=O) groups is 2. The molecule has 0 saturated carbocycles. The Morgan fingerprint density at radius 3 is 2.41 bits per heavy atom. The van der Waals surface area contributed by atoms with Gasteiger partial charge in [0.05, 0.1) is 19.6 Å². The molecule has 0 fully saturated rings. The molecule has 0 aliphatic heterocycles. The topological polar surface area (TPSA) is 70.7 Å². The average molecular weight is 369 g/mol. The van der Waals surface area contributed by atoms with Gasteiger partial charge in [0.2, 0.25) is 11.8 Å². The van der Waals surface area contributed by atoms with E-state index in [4.69, 9.17) is 4.74 Å². The summed E-state index contributed by atoms with van der Waals surface area (Å²) in [7, 11) is 3.69. The van der Waals surface area contributed by atoms with Crippen LogP contribution in [0.25, 0.3) is 0 Å². The Balaban J connectivity index is 1.84. The molecule has 0 aliphatic rings. The number of nitrogens with one attached hydrogen (secondary N) is 2. The maximum Gasteiger partial charge on any atom is 0.238 e. The predicted molar refractivity (Wildman–Crippen MR) is 107 cm³/mol. The van der Waals surface area contributed by atoms with Crippen molar-refractivity contribution in [1.82, 2.24) is 10.2 Å². The summed E-state index contributed by atoms with van der Waals surface area (Å²) in [5.74, 6) is 0.674. The molecule has 2 amide bonds. The van der Waals surface area contributed by atoms with Crippen molar-refractivity contribution in [2.45, 2.75) is 19.9 Å². The van der Waals surface area contributed by atoms with Crippen molar-refractivity contribution in [1.29, 1.82) is 0 Å². The highest BCUT2D eigenvalue weighted by Crippen LogP contribution is 2.13. The van der Waals surface area contributed by atoms with Gasteiger partial charge in [0.1, 0.15) is 5.75 Å². The van der Waals surface area contributed by atoms with Crippen LogP contribution in [0.5, 0.6) is 5.75 Å². The molecule has 0 aromatic heterocycles. The summed E-state index contributed by atoms with van der Waals surface area (Å²) >= 11 is 0. The van der Waals surface area contributed by atoms with Crippen LogP contribution in [-0.4, -0.2) is 44.0 Å². The number of carbonyl (C=O) groups excluding carboxylic acids is 2. The molecule has 2 aromatic carbocycles. The molecule has 6 heteroatoms. The van der Waals surface area contributed by atoms with Gasteiger partial charge in [0.25, 0.3) is 0 Å². The van der Waals surface area contributed by atoms with E-state index >= 15 is 0 Å². The van der Waals surface area contributed by atoms with Gasteiger partial charge in [0.15, 0.2) is 0 Å². The van der Waals surface area contributed by atoms with E-state index in [0.29, 0.717) is 26.1 Å². The highest BCUT2D eigenvalue weighted by atomic mass is 16.5. The minimum absolute atomic E-state index is 0.0544. The summed E-state index contributed by atoms with van der Waals surface area (Å²) in [6.07, 6.45) is 0.311. The lowest BCUT2D eigenvalue weighted by Crippen LogP contribution is -2.27. The van der Waals surface area contributed by atoms with E-state index in [9.17, 15) is 9.59 Å². The molecule has 0 radical (unpaired) electrons. The molecule has 2 N–H and O–H groups in total. The van der Waals surface area contributed by atoms with Crippen molar-refractivity contribution < 1.29 is 14.3 Å². The van der Waals surface area contributed by atoms with Crippen molar-refractivity contribution in [3.8, 4) is 5.75 Å². The SMILES string of the molecule is CCOc1ccc(CC(=O)NCc2cccc(NC(=O)CN(C)C)c2)cc1. The van der Waals surface area contributed by atoms with Crippen LogP contribution < -0.4 is 15.4 Å². The van der Waals surface area contributed by atoms with Crippen molar-refractivity contribution in [2.24, 2.45) is 0 Å². The molecular formula is C21H27N3O3. The number of rotatable bonds is 9. The standard InChI is InChI=1S/C21H27N3O3/c1-4-27-19-10-8-16(9-11-19)13-20(25)22-14-17-6-5-7-18(12-17)23-21(26)15-24(2)3/h5-12H,4,13-15H2,1-3H3,(H,22,25)(H,23,26). The second kappa shape index (κ2) is 10.3. The zero-order valence-electron chi connectivity index (χ0n) is 16.1. The molecule has 6 nitrogen and oxygen atoms in total. The van der Waals surface area contributed by atoms with E-state index in [1.807, 2.05) is 69.6 Å². The van der Waals surface area contributed by atoms with E-state index in [1.54, 1.807) is 4.90 Å². The van der Waals surface area contributed by atoms with Crippen molar-refractivity contribution in [2.75, 3.05) is 32.6 Å². The maximum atomic E-state index is 12.2. The summed E-state index contributed by atoms with van der Waals surface area (Å²) in [5.41, 5.74) is 2.58. The fraction of sp³-hybridized carbons (Fsp3) is 0.333.